The number of aliphatic hydroxyl groups is 1. The lowest BCUT2D eigenvalue weighted by molar-refractivity contribution is -0.384. The smallest absolute Gasteiger partial charge is 0.343 e. The lowest BCUT2D eigenvalue weighted by atomic mass is 9.94. The Labute approximate surface area is 183 Å². The lowest BCUT2D eigenvalue weighted by Crippen LogP contribution is -2.43. The molecule has 0 spiro atoms. The number of aliphatic hydroxyl groups excluding tert-OH is 1. The van der Waals surface area contributed by atoms with Crippen LogP contribution in [0.1, 0.15) is 17.9 Å². The minimum atomic E-state index is -4.08. The molecular formula is C20H20N2O9S. The van der Waals surface area contributed by atoms with Crippen LogP contribution < -0.4 is 14.2 Å². The summed E-state index contributed by atoms with van der Waals surface area (Å²) in [7, 11) is -2.83. The quantitative estimate of drug-likeness (QED) is 0.348. The minimum absolute atomic E-state index is 0.159. The van der Waals surface area contributed by atoms with Crippen molar-refractivity contribution in [2.45, 2.75) is 35.5 Å². The highest BCUT2D eigenvalue weighted by molar-refractivity contribution is 7.89. The van der Waals surface area contributed by atoms with Crippen LogP contribution in [0.5, 0.6) is 11.5 Å². The molecule has 0 aromatic heterocycles. The van der Waals surface area contributed by atoms with Crippen LogP contribution in [0, 0.1) is 10.1 Å². The molecule has 11 nitrogen and oxygen atoms in total. The van der Waals surface area contributed by atoms with E-state index in [4.69, 9.17) is 9.47 Å². The molecule has 1 saturated carbocycles. The second-order valence-electron chi connectivity index (χ2n) is 7.42. The Morgan fingerprint density at radius 1 is 1.28 bits per heavy atom. The van der Waals surface area contributed by atoms with Crippen molar-refractivity contribution in [3.63, 3.8) is 0 Å². The standard InChI is InChI=1S/C20H20N2O9S/c1-29-17(24)10-30-15-4-2-3-13-18-16(31-20(13)15)9-14(23)19(18)21-32(27,28)12-7-5-11(6-8-12)22(25)26/h2-8,14,16,18-19,21,23H,9-10H2,1H3. The maximum Gasteiger partial charge on any atom is 0.343 e. The van der Waals surface area contributed by atoms with Crippen LogP contribution in [0.25, 0.3) is 0 Å². The molecule has 32 heavy (non-hydrogen) atoms. The van der Waals surface area contributed by atoms with E-state index in [1.807, 2.05) is 0 Å². The molecule has 2 aromatic carbocycles. The molecule has 0 bridgehead atoms. The van der Waals surface area contributed by atoms with Gasteiger partial charge in [-0.05, 0) is 18.2 Å². The van der Waals surface area contributed by atoms with E-state index in [-0.39, 0.29) is 23.6 Å². The molecule has 1 aliphatic heterocycles. The Hall–Kier alpha value is -3.22. The molecule has 2 aliphatic rings. The minimum Gasteiger partial charge on any atom is -0.485 e. The first kappa shape index (κ1) is 22.0. The number of nitro groups is 1. The van der Waals surface area contributed by atoms with Crippen LogP contribution in [0.4, 0.5) is 5.69 Å². The van der Waals surface area contributed by atoms with Gasteiger partial charge in [-0.3, -0.25) is 10.1 Å². The number of carbonyl (C=O) groups excluding carboxylic acids is 1. The fraction of sp³-hybridized carbons (Fsp3) is 0.350. The van der Waals surface area contributed by atoms with Crippen LogP contribution in [0.2, 0.25) is 0 Å². The van der Waals surface area contributed by atoms with E-state index in [2.05, 4.69) is 9.46 Å². The Balaban J connectivity index is 1.58. The largest absolute Gasteiger partial charge is 0.485 e. The fourth-order valence-electron chi connectivity index (χ4n) is 4.05. The van der Waals surface area contributed by atoms with E-state index in [1.165, 1.54) is 7.11 Å². The molecular weight excluding hydrogens is 444 g/mol. The molecule has 0 amide bonds. The maximum atomic E-state index is 12.9. The number of para-hydroxylation sites is 1. The SMILES string of the molecule is COC(=O)COc1cccc2c1OC1CC(O)C(NS(=O)(=O)c3ccc([N+](=O)[O-])cc3)C21. The van der Waals surface area contributed by atoms with Gasteiger partial charge in [0, 0.05) is 30.0 Å². The maximum absolute atomic E-state index is 12.9. The molecule has 4 unspecified atom stereocenters. The molecule has 1 heterocycles. The zero-order valence-corrected chi connectivity index (χ0v) is 17.7. The number of non-ortho nitro benzene ring substituents is 1. The van der Waals surface area contributed by atoms with E-state index >= 15 is 0 Å². The highest BCUT2D eigenvalue weighted by atomic mass is 32.2. The molecule has 2 aromatic rings. The zero-order valence-electron chi connectivity index (χ0n) is 16.8. The number of benzene rings is 2. The number of rotatable bonds is 7. The molecule has 2 N–H and O–H groups in total. The molecule has 4 rings (SSSR count). The third-order valence-electron chi connectivity index (χ3n) is 5.54. The van der Waals surface area contributed by atoms with E-state index in [9.17, 15) is 28.4 Å². The molecule has 12 heteroatoms. The number of carbonyl (C=O) groups is 1. The van der Waals surface area contributed by atoms with Crippen molar-refractivity contribution >= 4 is 21.7 Å². The average molecular weight is 464 g/mol. The highest BCUT2D eigenvalue weighted by Crippen LogP contribution is 2.51. The normalized spacial score (nSPS) is 23.7. The van der Waals surface area contributed by atoms with Crippen LogP contribution >= 0.6 is 0 Å². The number of hydrogen-bond acceptors (Lipinski definition) is 9. The number of hydrogen-bond donors (Lipinski definition) is 2. The van der Waals surface area contributed by atoms with Gasteiger partial charge in [-0.2, -0.15) is 0 Å². The molecule has 1 fully saturated rings. The molecule has 1 aliphatic carbocycles. The van der Waals surface area contributed by atoms with Crippen molar-refractivity contribution in [3.8, 4) is 11.5 Å². The molecule has 0 saturated heterocycles. The summed E-state index contributed by atoms with van der Waals surface area (Å²) in [5.41, 5.74) is 0.410. The van der Waals surface area contributed by atoms with Gasteiger partial charge in [0.25, 0.3) is 5.69 Å². The van der Waals surface area contributed by atoms with Gasteiger partial charge in [0.05, 0.1) is 29.1 Å². The van der Waals surface area contributed by atoms with Gasteiger partial charge in [-0.1, -0.05) is 12.1 Å². The van der Waals surface area contributed by atoms with Crippen LogP contribution in [0.3, 0.4) is 0 Å². The number of esters is 1. The number of nitro benzene ring substituents is 1. The number of sulfonamides is 1. The number of ether oxygens (including phenoxy) is 3. The van der Waals surface area contributed by atoms with Crippen molar-refractivity contribution in [1.82, 2.24) is 4.72 Å². The molecule has 0 radical (unpaired) electrons. The number of fused-ring (bicyclic) bond motifs is 3. The molecule has 170 valence electrons. The van der Waals surface area contributed by atoms with Gasteiger partial charge in [-0.25, -0.2) is 17.9 Å². The Bertz CT molecular complexity index is 1150. The summed E-state index contributed by atoms with van der Waals surface area (Å²) in [5.74, 6) is -0.356. The Morgan fingerprint density at radius 2 is 2.00 bits per heavy atom. The average Bonchev–Trinajstić information content (AvgIpc) is 3.27. The first-order valence-corrected chi connectivity index (χ1v) is 11.1. The Morgan fingerprint density at radius 3 is 2.66 bits per heavy atom. The zero-order chi connectivity index (χ0) is 23.0. The van der Waals surface area contributed by atoms with Crippen molar-refractivity contribution in [1.29, 1.82) is 0 Å². The third-order valence-corrected chi connectivity index (χ3v) is 7.01. The lowest BCUT2D eigenvalue weighted by Gasteiger charge is -2.22. The van der Waals surface area contributed by atoms with Crippen molar-refractivity contribution in [3.05, 3.63) is 58.1 Å². The van der Waals surface area contributed by atoms with Crippen molar-refractivity contribution in [2.24, 2.45) is 0 Å². The monoisotopic (exact) mass is 464 g/mol. The van der Waals surface area contributed by atoms with Crippen LogP contribution in [0.15, 0.2) is 47.4 Å². The number of methoxy groups -OCH3 is 1. The summed E-state index contributed by atoms with van der Waals surface area (Å²) in [6, 6.07) is 8.63. The molecule has 4 atom stereocenters. The summed E-state index contributed by atoms with van der Waals surface area (Å²) in [5, 5.41) is 21.3. The van der Waals surface area contributed by atoms with Gasteiger partial charge < -0.3 is 19.3 Å². The van der Waals surface area contributed by atoms with Crippen molar-refractivity contribution in [2.75, 3.05) is 13.7 Å². The van der Waals surface area contributed by atoms with Gasteiger partial charge in [0.2, 0.25) is 10.0 Å². The summed E-state index contributed by atoms with van der Waals surface area (Å²) in [4.78, 5) is 21.4. The fourth-order valence-corrected chi connectivity index (χ4v) is 5.34. The van der Waals surface area contributed by atoms with E-state index in [1.54, 1.807) is 18.2 Å². The van der Waals surface area contributed by atoms with Gasteiger partial charge >= 0.3 is 5.97 Å². The van der Waals surface area contributed by atoms with E-state index < -0.39 is 45.1 Å². The van der Waals surface area contributed by atoms with Gasteiger partial charge in [0.1, 0.15) is 6.10 Å². The summed E-state index contributed by atoms with van der Waals surface area (Å²) in [6.07, 6.45) is -1.32. The second kappa shape index (κ2) is 8.37. The summed E-state index contributed by atoms with van der Waals surface area (Å²) in [6.45, 7) is -0.315. The first-order chi connectivity index (χ1) is 15.2. The predicted octanol–water partition coefficient (Wildman–Crippen LogP) is 1.10. The van der Waals surface area contributed by atoms with Crippen molar-refractivity contribution < 1.29 is 37.5 Å². The second-order valence-corrected chi connectivity index (χ2v) is 9.14. The topological polar surface area (TPSA) is 154 Å². The summed E-state index contributed by atoms with van der Waals surface area (Å²) >= 11 is 0. The van der Waals surface area contributed by atoms with E-state index in [0.29, 0.717) is 17.1 Å². The Kier molecular flexibility index (Phi) is 5.75. The van der Waals surface area contributed by atoms with Gasteiger partial charge in [-0.15, -0.1) is 0 Å². The first-order valence-electron chi connectivity index (χ1n) is 9.65. The van der Waals surface area contributed by atoms with Crippen LogP contribution in [-0.4, -0.2) is 56.4 Å². The number of nitrogens with zero attached hydrogens (tertiary/aromatic N) is 1. The predicted molar refractivity (Wildman–Crippen MR) is 109 cm³/mol. The highest BCUT2D eigenvalue weighted by Gasteiger charge is 2.51. The van der Waals surface area contributed by atoms with Gasteiger partial charge in [0.15, 0.2) is 18.1 Å². The van der Waals surface area contributed by atoms with E-state index in [0.717, 1.165) is 24.3 Å². The number of nitrogens with one attached hydrogen (secondary N) is 1. The third kappa shape index (κ3) is 3.99. The summed E-state index contributed by atoms with van der Waals surface area (Å²) < 4.78 is 44.3. The van der Waals surface area contributed by atoms with Crippen LogP contribution in [-0.2, 0) is 19.6 Å².